The molecular weight excluding hydrogens is 228 g/mol. The van der Waals surface area contributed by atoms with Crippen molar-refractivity contribution in [3.05, 3.63) is 17.5 Å². The Bertz CT molecular complexity index is 373. The van der Waals surface area contributed by atoms with Crippen molar-refractivity contribution in [2.45, 2.75) is 40.2 Å². The molecule has 0 fully saturated rings. The second kappa shape index (κ2) is 7.87. The Kier molecular flexibility index (Phi) is 6.43. The quantitative estimate of drug-likeness (QED) is 0.679. The van der Waals surface area contributed by atoms with E-state index in [1.165, 1.54) is 5.69 Å². The molecule has 0 aliphatic rings. The molecule has 18 heavy (non-hydrogen) atoms. The minimum atomic E-state index is 0.114. The number of carbonyl (C=O) groups is 1. The minimum Gasteiger partial charge on any atom is -0.356 e. The van der Waals surface area contributed by atoms with Gasteiger partial charge in [-0.1, -0.05) is 0 Å². The van der Waals surface area contributed by atoms with Crippen molar-refractivity contribution in [3.63, 3.8) is 0 Å². The molecule has 0 saturated heterocycles. The van der Waals surface area contributed by atoms with E-state index in [4.69, 9.17) is 0 Å². The number of aromatic nitrogens is 2. The van der Waals surface area contributed by atoms with Crippen LogP contribution in [0.4, 0.5) is 0 Å². The number of rotatable bonds is 8. The molecule has 0 aliphatic heterocycles. The highest BCUT2D eigenvalue weighted by Crippen LogP contribution is 2.02. The summed E-state index contributed by atoms with van der Waals surface area (Å²) in [5.74, 6) is 0.114. The monoisotopic (exact) mass is 252 g/mol. The number of amides is 1. The number of carbonyl (C=O) groups excluding carboxylic acids is 1. The van der Waals surface area contributed by atoms with Gasteiger partial charge in [-0.3, -0.25) is 9.48 Å². The van der Waals surface area contributed by atoms with Crippen molar-refractivity contribution in [1.82, 2.24) is 20.4 Å². The van der Waals surface area contributed by atoms with Gasteiger partial charge in [-0.2, -0.15) is 5.10 Å². The lowest BCUT2D eigenvalue weighted by Crippen LogP contribution is -2.28. The molecule has 5 heteroatoms. The summed E-state index contributed by atoms with van der Waals surface area (Å²) in [6.07, 6.45) is 1.57. The van der Waals surface area contributed by atoms with E-state index < -0.39 is 0 Å². The maximum atomic E-state index is 11.2. The maximum Gasteiger partial charge on any atom is 0.221 e. The predicted octanol–water partition coefficient (Wildman–Crippen LogP) is 1.01. The van der Waals surface area contributed by atoms with Gasteiger partial charge in [-0.15, -0.1) is 0 Å². The smallest absolute Gasteiger partial charge is 0.221 e. The van der Waals surface area contributed by atoms with Crippen molar-refractivity contribution in [2.24, 2.45) is 0 Å². The zero-order valence-corrected chi connectivity index (χ0v) is 11.6. The van der Waals surface area contributed by atoms with Gasteiger partial charge < -0.3 is 10.6 Å². The number of nitrogens with one attached hydrogen (secondary N) is 2. The van der Waals surface area contributed by atoms with Gasteiger partial charge in [0.05, 0.1) is 5.69 Å². The van der Waals surface area contributed by atoms with E-state index in [2.05, 4.69) is 28.7 Å². The molecule has 1 heterocycles. The Morgan fingerprint density at radius 3 is 2.78 bits per heavy atom. The van der Waals surface area contributed by atoms with E-state index >= 15 is 0 Å². The molecule has 0 spiro atoms. The van der Waals surface area contributed by atoms with Crippen molar-refractivity contribution >= 4 is 5.91 Å². The van der Waals surface area contributed by atoms with Crippen LogP contribution in [-0.2, 0) is 11.3 Å². The molecule has 5 nitrogen and oxygen atoms in total. The Labute approximate surface area is 109 Å². The molecule has 0 aromatic carbocycles. The number of hydrogen-bond donors (Lipinski definition) is 2. The molecule has 2 N–H and O–H groups in total. The molecule has 102 valence electrons. The van der Waals surface area contributed by atoms with E-state index in [1.54, 1.807) is 0 Å². The van der Waals surface area contributed by atoms with Gasteiger partial charge >= 0.3 is 0 Å². The first kappa shape index (κ1) is 14.7. The van der Waals surface area contributed by atoms with Crippen molar-refractivity contribution in [2.75, 3.05) is 19.6 Å². The summed E-state index contributed by atoms with van der Waals surface area (Å²) >= 11 is 0. The zero-order valence-electron chi connectivity index (χ0n) is 11.6. The van der Waals surface area contributed by atoms with Crippen molar-refractivity contribution in [1.29, 1.82) is 0 Å². The van der Waals surface area contributed by atoms with Crippen LogP contribution in [0.2, 0.25) is 0 Å². The SMILES string of the molecule is CCNC(=O)CCNCCCn1nc(C)cc1C. The van der Waals surface area contributed by atoms with Gasteiger partial charge in [0, 0.05) is 31.7 Å². The largest absolute Gasteiger partial charge is 0.356 e. The van der Waals surface area contributed by atoms with Crippen LogP contribution in [0, 0.1) is 13.8 Å². The van der Waals surface area contributed by atoms with E-state index in [0.29, 0.717) is 13.0 Å². The van der Waals surface area contributed by atoms with Gasteiger partial charge in [0.15, 0.2) is 0 Å². The molecule has 0 unspecified atom stereocenters. The van der Waals surface area contributed by atoms with Crippen LogP contribution in [0.5, 0.6) is 0 Å². The predicted molar refractivity (Wildman–Crippen MR) is 72.5 cm³/mol. The second-order valence-corrected chi connectivity index (χ2v) is 4.46. The Morgan fingerprint density at radius 1 is 1.39 bits per heavy atom. The summed E-state index contributed by atoms with van der Waals surface area (Å²) in [5, 5.41) is 10.5. The van der Waals surface area contributed by atoms with Gasteiger partial charge in [0.1, 0.15) is 0 Å². The summed E-state index contributed by atoms with van der Waals surface area (Å²) in [7, 11) is 0. The van der Waals surface area contributed by atoms with Crippen LogP contribution < -0.4 is 10.6 Å². The lowest BCUT2D eigenvalue weighted by atomic mass is 10.3. The lowest BCUT2D eigenvalue weighted by molar-refractivity contribution is -0.120. The Morgan fingerprint density at radius 2 is 2.17 bits per heavy atom. The van der Waals surface area contributed by atoms with Crippen LogP contribution in [0.3, 0.4) is 0 Å². The highest BCUT2D eigenvalue weighted by atomic mass is 16.1. The van der Waals surface area contributed by atoms with Crippen LogP contribution >= 0.6 is 0 Å². The molecule has 0 aliphatic carbocycles. The second-order valence-electron chi connectivity index (χ2n) is 4.46. The fourth-order valence-corrected chi connectivity index (χ4v) is 1.87. The third-order valence-corrected chi connectivity index (χ3v) is 2.73. The zero-order chi connectivity index (χ0) is 13.4. The Balaban J connectivity index is 2.05. The first-order chi connectivity index (χ1) is 8.63. The lowest BCUT2D eigenvalue weighted by Gasteiger charge is -2.06. The molecule has 0 bridgehead atoms. The van der Waals surface area contributed by atoms with Crippen molar-refractivity contribution in [3.8, 4) is 0 Å². The van der Waals surface area contributed by atoms with Crippen LogP contribution in [-0.4, -0.2) is 35.3 Å². The fourth-order valence-electron chi connectivity index (χ4n) is 1.87. The summed E-state index contributed by atoms with van der Waals surface area (Å²) in [4.78, 5) is 11.2. The molecule has 1 amide bonds. The van der Waals surface area contributed by atoms with Crippen LogP contribution in [0.25, 0.3) is 0 Å². The minimum absolute atomic E-state index is 0.114. The summed E-state index contributed by atoms with van der Waals surface area (Å²) < 4.78 is 2.03. The highest BCUT2D eigenvalue weighted by Gasteiger charge is 2.00. The molecule has 1 aromatic heterocycles. The van der Waals surface area contributed by atoms with Gasteiger partial charge in [-0.05, 0) is 39.8 Å². The maximum absolute atomic E-state index is 11.2. The number of hydrogen-bond acceptors (Lipinski definition) is 3. The highest BCUT2D eigenvalue weighted by molar-refractivity contribution is 5.75. The van der Waals surface area contributed by atoms with Crippen LogP contribution in [0.1, 0.15) is 31.2 Å². The van der Waals surface area contributed by atoms with Gasteiger partial charge in [-0.25, -0.2) is 0 Å². The van der Waals surface area contributed by atoms with Crippen LogP contribution in [0.15, 0.2) is 6.07 Å². The topological polar surface area (TPSA) is 59.0 Å². The average molecular weight is 252 g/mol. The van der Waals surface area contributed by atoms with Gasteiger partial charge in [0.2, 0.25) is 5.91 Å². The van der Waals surface area contributed by atoms with Gasteiger partial charge in [0.25, 0.3) is 0 Å². The molecule has 1 aromatic rings. The van der Waals surface area contributed by atoms with E-state index in [0.717, 1.165) is 31.7 Å². The number of nitrogens with zero attached hydrogens (tertiary/aromatic N) is 2. The summed E-state index contributed by atoms with van der Waals surface area (Å²) in [6, 6.07) is 2.09. The summed E-state index contributed by atoms with van der Waals surface area (Å²) in [5.41, 5.74) is 2.27. The van der Waals surface area contributed by atoms with E-state index in [-0.39, 0.29) is 5.91 Å². The third kappa shape index (κ3) is 5.31. The molecule has 0 atom stereocenters. The molecule has 1 rings (SSSR count). The summed E-state index contributed by atoms with van der Waals surface area (Å²) in [6.45, 7) is 9.29. The normalized spacial score (nSPS) is 10.6. The van der Waals surface area contributed by atoms with E-state index in [9.17, 15) is 4.79 Å². The van der Waals surface area contributed by atoms with Crippen molar-refractivity contribution < 1.29 is 4.79 Å². The standard InChI is InChI=1S/C13H24N4O/c1-4-15-13(18)6-8-14-7-5-9-17-12(3)10-11(2)16-17/h10,14H,4-9H2,1-3H3,(H,15,18). The third-order valence-electron chi connectivity index (χ3n) is 2.73. The Hall–Kier alpha value is -1.36. The number of aryl methyl sites for hydroxylation is 3. The average Bonchev–Trinajstić information content (AvgIpc) is 2.62. The first-order valence-corrected chi connectivity index (χ1v) is 6.62. The molecular formula is C13H24N4O. The molecule has 0 saturated carbocycles. The fraction of sp³-hybridized carbons (Fsp3) is 0.692. The molecule has 0 radical (unpaired) electrons. The first-order valence-electron chi connectivity index (χ1n) is 6.62. The van der Waals surface area contributed by atoms with E-state index in [1.807, 2.05) is 18.5 Å².